The molecule has 5 nitrogen and oxygen atoms in total. The van der Waals surface area contributed by atoms with Crippen molar-refractivity contribution in [2.24, 2.45) is 10.7 Å². The summed E-state index contributed by atoms with van der Waals surface area (Å²) in [6.07, 6.45) is 0. The van der Waals surface area contributed by atoms with Gasteiger partial charge >= 0.3 is 0 Å². The molecule has 0 amide bonds. The monoisotopic (exact) mass is 383 g/mol. The molecule has 0 atom stereocenters. The zero-order valence-corrected chi connectivity index (χ0v) is 15.1. The second kappa shape index (κ2) is 8.97. The van der Waals surface area contributed by atoms with Crippen LogP contribution >= 0.6 is 24.0 Å². The Hall–Kier alpha value is -0.0800. The third-order valence-corrected chi connectivity index (χ3v) is 3.11. The molecule has 19 heavy (non-hydrogen) atoms. The van der Waals surface area contributed by atoms with Gasteiger partial charge in [0.2, 0.25) is 0 Å². The Labute approximate surface area is 135 Å². The number of guanidine groups is 1. The molecule has 0 aromatic carbocycles. The molecule has 1 saturated heterocycles. The summed E-state index contributed by atoms with van der Waals surface area (Å²) >= 11 is 0. The number of nitrogens with zero attached hydrogens (tertiary/aromatic N) is 3. The van der Waals surface area contributed by atoms with Crippen molar-refractivity contribution < 1.29 is 0 Å². The van der Waals surface area contributed by atoms with Gasteiger partial charge < -0.3 is 16.0 Å². The van der Waals surface area contributed by atoms with E-state index in [1.807, 2.05) is 0 Å². The maximum Gasteiger partial charge on any atom is 0.189 e. The number of nitrogens with two attached hydrogens (primary N) is 1. The number of likely N-dealkylation sites (N-methyl/N-ethyl adjacent to an activating group) is 1. The molecule has 0 aromatic heterocycles. The summed E-state index contributed by atoms with van der Waals surface area (Å²) in [4.78, 5) is 9.31. The molecular weight excluding hydrogens is 353 g/mol. The quantitative estimate of drug-likeness (QED) is 0.431. The zero-order valence-electron chi connectivity index (χ0n) is 12.8. The van der Waals surface area contributed by atoms with E-state index in [0.717, 1.165) is 32.7 Å². The first-order chi connectivity index (χ1) is 8.40. The number of hydrogen-bond donors (Lipinski definition) is 2. The lowest BCUT2D eigenvalue weighted by Crippen LogP contribution is -2.47. The van der Waals surface area contributed by atoms with Gasteiger partial charge in [0.1, 0.15) is 0 Å². The molecule has 1 fully saturated rings. The molecule has 0 bridgehead atoms. The molecule has 0 aliphatic carbocycles. The fraction of sp³-hybridized carbons (Fsp3) is 0.923. The number of halogens is 1. The summed E-state index contributed by atoms with van der Waals surface area (Å²) in [5.74, 6) is 0.551. The molecule has 1 aliphatic heterocycles. The van der Waals surface area contributed by atoms with Crippen molar-refractivity contribution in [1.82, 2.24) is 15.1 Å². The normalized spacial score (nSPS) is 19.1. The molecule has 0 aromatic rings. The van der Waals surface area contributed by atoms with Gasteiger partial charge in [-0.05, 0) is 27.3 Å². The summed E-state index contributed by atoms with van der Waals surface area (Å²) in [5, 5.41) is 3.17. The molecule has 0 unspecified atom stereocenters. The Morgan fingerprint density at radius 1 is 1.16 bits per heavy atom. The van der Waals surface area contributed by atoms with E-state index in [9.17, 15) is 0 Å². The van der Waals surface area contributed by atoms with E-state index in [4.69, 9.17) is 5.73 Å². The van der Waals surface area contributed by atoms with Gasteiger partial charge in [0.05, 0.1) is 6.54 Å². The maximum absolute atomic E-state index is 5.83. The predicted molar refractivity (Wildman–Crippen MR) is 93.3 cm³/mol. The summed E-state index contributed by atoms with van der Waals surface area (Å²) in [7, 11) is 0. The standard InChI is InChI=1S/C13H29N5.HI/c1-5-17-8-10-18(11-9-17)7-6-15-12(14)16-13(2,3)4;/h5-11H2,1-4H3,(H3,14,15,16);1H. The Morgan fingerprint density at radius 3 is 2.16 bits per heavy atom. The number of piperazine rings is 1. The van der Waals surface area contributed by atoms with E-state index >= 15 is 0 Å². The Morgan fingerprint density at radius 2 is 1.68 bits per heavy atom. The van der Waals surface area contributed by atoms with Gasteiger partial charge in [-0.3, -0.25) is 9.89 Å². The lowest BCUT2D eigenvalue weighted by molar-refractivity contribution is 0.140. The lowest BCUT2D eigenvalue weighted by Gasteiger charge is -2.33. The minimum atomic E-state index is -0.0136. The van der Waals surface area contributed by atoms with Crippen LogP contribution in [0.3, 0.4) is 0 Å². The van der Waals surface area contributed by atoms with Gasteiger partial charge in [-0.25, -0.2) is 0 Å². The van der Waals surface area contributed by atoms with Crippen LogP contribution in [0.5, 0.6) is 0 Å². The molecule has 3 N–H and O–H groups in total. The highest BCUT2D eigenvalue weighted by molar-refractivity contribution is 14.0. The molecule has 6 heteroatoms. The van der Waals surface area contributed by atoms with Crippen molar-refractivity contribution in [2.45, 2.75) is 33.2 Å². The molecule has 1 heterocycles. The first-order valence-corrected chi connectivity index (χ1v) is 6.93. The van der Waals surface area contributed by atoms with Crippen molar-refractivity contribution in [3.63, 3.8) is 0 Å². The highest BCUT2D eigenvalue weighted by Crippen LogP contribution is 2.00. The van der Waals surface area contributed by atoms with Crippen molar-refractivity contribution in [3.05, 3.63) is 0 Å². The van der Waals surface area contributed by atoms with E-state index in [2.05, 4.69) is 47.8 Å². The molecule has 0 radical (unpaired) electrons. The Bertz CT molecular complexity index is 267. The number of hydrogen-bond acceptors (Lipinski definition) is 3. The van der Waals surface area contributed by atoms with Crippen LogP contribution in [0.1, 0.15) is 27.7 Å². The number of rotatable bonds is 4. The predicted octanol–water partition coefficient (Wildman–Crippen LogP) is 0.945. The first-order valence-electron chi connectivity index (χ1n) is 6.93. The van der Waals surface area contributed by atoms with E-state index in [1.54, 1.807) is 0 Å². The van der Waals surface area contributed by atoms with Crippen LogP contribution in [0.2, 0.25) is 0 Å². The van der Waals surface area contributed by atoms with E-state index in [1.165, 1.54) is 13.1 Å². The second-order valence-corrected chi connectivity index (χ2v) is 5.92. The van der Waals surface area contributed by atoms with Crippen LogP contribution in [0.25, 0.3) is 0 Å². The van der Waals surface area contributed by atoms with Gasteiger partial charge in [0, 0.05) is 38.3 Å². The van der Waals surface area contributed by atoms with Gasteiger partial charge in [-0.2, -0.15) is 0 Å². The van der Waals surface area contributed by atoms with Crippen molar-refractivity contribution in [1.29, 1.82) is 0 Å². The van der Waals surface area contributed by atoms with E-state index in [-0.39, 0.29) is 29.5 Å². The smallest absolute Gasteiger partial charge is 0.189 e. The average molecular weight is 383 g/mol. The van der Waals surface area contributed by atoms with Gasteiger partial charge in [0.15, 0.2) is 5.96 Å². The molecule has 1 rings (SSSR count). The van der Waals surface area contributed by atoms with Crippen LogP contribution in [-0.2, 0) is 0 Å². The third kappa shape index (κ3) is 8.65. The molecule has 1 aliphatic rings. The van der Waals surface area contributed by atoms with E-state index < -0.39 is 0 Å². The average Bonchev–Trinajstić information content (AvgIpc) is 2.27. The van der Waals surface area contributed by atoms with Crippen LogP contribution in [0.15, 0.2) is 4.99 Å². The molecule has 0 saturated carbocycles. The van der Waals surface area contributed by atoms with Gasteiger partial charge in [0.25, 0.3) is 0 Å². The lowest BCUT2D eigenvalue weighted by atomic mass is 10.1. The van der Waals surface area contributed by atoms with Crippen LogP contribution in [0.4, 0.5) is 0 Å². The van der Waals surface area contributed by atoms with Crippen molar-refractivity contribution in [3.8, 4) is 0 Å². The summed E-state index contributed by atoms with van der Waals surface area (Å²) in [6, 6.07) is 0. The second-order valence-electron chi connectivity index (χ2n) is 5.92. The van der Waals surface area contributed by atoms with E-state index in [0.29, 0.717) is 5.96 Å². The van der Waals surface area contributed by atoms with Crippen LogP contribution in [0, 0.1) is 0 Å². The topological polar surface area (TPSA) is 56.9 Å². The van der Waals surface area contributed by atoms with Crippen LogP contribution < -0.4 is 11.1 Å². The molecule has 114 valence electrons. The highest BCUT2D eigenvalue weighted by Gasteiger charge is 2.14. The summed E-state index contributed by atoms with van der Waals surface area (Å²) in [5.41, 5.74) is 5.82. The molecular formula is C13H30IN5. The minimum Gasteiger partial charge on any atom is -0.370 e. The maximum atomic E-state index is 5.83. The van der Waals surface area contributed by atoms with Crippen LogP contribution in [-0.4, -0.2) is 67.1 Å². The zero-order chi connectivity index (χ0) is 13.6. The molecule has 0 spiro atoms. The SMILES string of the molecule is CCN1CCN(CCN=C(N)NC(C)(C)C)CC1.I. The number of nitrogens with one attached hydrogen (secondary N) is 1. The largest absolute Gasteiger partial charge is 0.370 e. The van der Waals surface area contributed by atoms with Gasteiger partial charge in [-0.1, -0.05) is 6.92 Å². The fourth-order valence-electron chi connectivity index (χ4n) is 2.06. The first kappa shape index (κ1) is 18.9. The van der Waals surface area contributed by atoms with Crippen molar-refractivity contribution >= 4 is 29.9 Å². The van der Waals surface area contributed by atoms with Crippen molar-refractivity contribution in [2.75, 3.05) is 45.8 Å². The van der Waals surface area contributed by atoms with Gasteiger partial charge in [-0.15, -0.1) is 24.0 Å². The third-order valence-electron chi connectivity index (χ3n) is 3.11. The highest BCUT2D eigenvalue weighted by atomic mass is 127. The summed E-state index contributed by atoms with van der Waals surface area (Å²) < 4.78 is 0. The Balaban J connectivity index is 0.00000324. The minimum absolute atomic E-state index is 0. The summed E-state index contributed by atoms with van der Waals surface area (Å²) in [6.45, 7) is 16.1. The number of aliphatic imine (C=N–C) groups is 1. The fourth-order valence-corrected chi connectivity index (χ4v) is 2.06. The Kier molecular flexibility index (Phi) is 8.93.